The van der Waals surface area contributed by atoms with Gasteiger partial charge in [0.15, 0.2) is 11.4 Å². The van der Waals surface area contributed by atoms with E-state index in [2.05, 4.69) is 5.16 Å². The van der Waals surface area contributed by atoms with Crippen molar-refractivity contribution >= 4 is 16.8 Å². The van der Waals surface area contributed by atoms with Crippen molar-refractivity contribution in [2.45, 2.75) is 6.92 Å². The van der Waals surface area contributed by atoms with Gasteiger partial charge in [-0.2, -0.15) is 0 Å². The molecule has 0 atom stereocenters. The lowest BCUT2D eigenvalue weighted by Crippen LogP contribution is -1.90. The fourth-order valence-corrected chi connectivity index (χ4v) is 1.96. The Labute approximate surface area is 104 Å². The van der Waals surface area contributed by atoms with Gasteiger partial charge in [0.2, 0.25) is 0 Å². The molecule has 3 rings (SSSR count). The third-order valence-electron chi connectivity index (χ3n) is 2.93. The van der Waals surface area contributed by atoms with Crippen LogP contribution in [0, 0.1) is 0 Å². The summed E-state index contributed by atoms with van der Waals surface area (Å²) in [5, 5.41) is 5.00. The van der Waals surface area contributed by atoms with Crippen LogP contribution in [-0.2, 0) is 0 Å². The lowest BCUT2D eigenvalue weighted by atomic mass is 10.1. The average molecular weight is 237 g/mol. The van der Waals surface area contributed by atoms with E-state index < -0.39 is 0 Å². The Morgan fingerprint density at radius 3 is 2.61 bits per heavy atom. The highest BCUT2D eigenvalue weighted by molar-refractivity contribution is 6.00. The third kappa shape index (κ3) is 1.70. The molecule has 0 saturated carbocycles. The topological polar surface area (TPSA) is 43.1 Å². The molecule has 0 radical (unpaired) electrons. The normalized spacial score (nSPS) is 10.7. The van der Waals surface area contributed by atoms with Crippen LogP contribution >= 0.6 is 0 Å². The highest BCUT2D eigenvalue weighted by Crippen LogP contribution is 2.28. The van der Waals surface area contributed by atoms with E-state index in [0.717, 1.165) is 16.6 Å². The van der Waals surface area contributed by atoms with E-state index >= 15 is 0 Å². The van der Waals surface area contributed by atoms with Crippen molar-refractivity contribution in [1.29, 1.82) is 0 Å². The van der Waals surface area contributed by atoms with E-state index in [1.165, 1.54) is 6.92 Å². The molecule has 0 bridgehead atoms. The minimum atomic E-state index is 0.0227. The lowest BCUT2D eigenvalue weighted by molar-refractivity contribution is 0.101. The number of carbonyl (C=O) groups is 1. The number of hydrogen-bond acceptors (Lipinski definition) is 3. The van der Waals surface area contributed by atoms with Crippen LogP contribution in [0.25, 0.3) is 22.2 Å². The molecule has 0 amide bonds. The Morgan fingerprint density at radius 2 is 1.89 bits per heavy atom. The molecule has 1 aromatic heterocycles. The third-order valence-corrected chi connectivity index (χ3v) is 2.93. The molecule has 3 aromatic rings. The molecule has 0 saturated heterocycles. The van der Waals surface area contributed by atoms with Gasteiger partial charge >= 0.3 is 0 Å². The molecular formula is C15H11NO2. The average Bonchev–Trinajstić information content (AvgIpc) is 2.82. The van der Waals surface area contributed by atoms with E-state index in [-0.39, 0.29) is 5.78 Å². The predicted molar refractivity (Wildman–Crippen MR) is 69.4 cm³/mol. The largest absolute Gasteiger partial charge is 0.356 e. The zero-order chi connectivity index (χ0) is 12.5. The van der Waals surface area contributed by atoms with E-state index in [0.29, 0.717) is 11.1 Å². The van der Waals surface area contributed by atoms with E-state index in [4.69, 9.17) is 4.52 Å². The number of hydrogen-bond donors (Lipinski definition) is 0. The van der Waals surface area contributed by atoms with E-state index in [1.807, 2.05) is 36.4 Å². The first kappa shape index (κ1) is 10.7. The number of ketones is 1. The van der Waals surface area contributed by atoms with Crippen molar-refractivity contribution in [3.05, 3.63) is 54.1 Å². The van der Waals surface area contributed by atoms with Gasteiger partial charge in [0.25, 0.3) is 0 Å². The van der Waals surface area contributed by atoms with Crippen LogP contribution in [0.2, 0.25) is 0 Å². The van der Waals surface area contributed by atoms with Crippen LogP contribution in [-0.4, -0.2) is 10.9 Å². The molecule has 3 heteroatoms. The Bertz CT molecular complexity index is 714. The molecule has 1 heterocycles. The van der Waals surface area contributed by atoms with Crippen LogP contribution in [0.15, 0.2) is 53.1 Å². The van der Waals surface area contributed by atoms with Gasteiger partial charge in [-0.05, 0) is 19.1 Å². The first-order chi connectivity index (χ1) is 8.75. The predicted octanol–water partition coefficient (Wildman–Crippen LogP) is 3.70. The fourth-order valence-electron chi connectivity index (χ4n) is 1.96. The highest BCUT2D eigenvalue weighted by Gasteiger charge is 2.11. The minimum Gasteiger partial charge on any atom is -0.356 e. The van der Waals surface area contributed by atoms with Gasteiger partial charge in [0.1, 0.15) is 5.69 Å². The molecule has 2 aromatic carbocycles. The summed E-state index contributed by atoms with van der Waals surface area (Å²) in [5.41, 5.74) is 3.09. The van der Waals surface area contributed by atoms with E-state index in [1.54, 1.807) is 12.1 Å². The Hall–Kier alpha value is -2.42. The maximum absolute atomic E-state index is 11.3. The van der Waals surface area contributed by atoms with Crippen molar-refractivity contribution in [2.75, 3.05) is 0 Å². The van der Waals surface area contributed by atoms with Gasteiger partial charge in [-0.25, -0.2) is 0 Å². The van der Waals surface area contributed by atoms with Gasteiger partial charge in [0, 0.05) is 16.5 Å². The quantitative estimate of drug-likeness (QED) is 0.638. The summed E-state index contributed by atoms with van der Waals surface area (Å²) < 4.78 is 5.29. The molecular weight excluding hydrogens is 226 g/mol. The first-order valence-electron chi connectivity index (χ1n) is 5.71. The minimum absolute atomic E-state index is 0.0227. The molecule has 0 spiro atoms. The second-order valence-corrected chi connectivity index (χ2v) is 4.16. The molecule has 0 aliphatic rings. The summed E-state index contributed by atoms with van der Waals surface area (Å²) in [5.74, 6) is 0.0227. The summed E-state index contributed by atoms with van der Waals surface area (Å²) in [6, 6.07) is 15.3. The second-order valence-electron chi connectivity index (χ2n) is 4.16. The van der Waals surface area contributed by atoms with Crippen molar-refractivity contribution in [3.63, 3.8) is 0 Å². The molecule has 0 aliphatic carbocycles. The van der Waals surface area contributed by atoms with Crippen molar-refractivity contribution in [3.8, 4) is 11.3 Å². The second kappa shape index (κ2) is 4.11. The number of nitrogens with zero attached hydrogens (tertiary/aromatic N) is 1. The van der Waals surface area contributed by atoms with Crippen LogP contribution in [0.3, 0.4) is 0 Å². The number of Topliss-reactive ketones (excluding diaryl/α,β-unsaturated/α-hetero) is 1. The van der Waals surface area contributed by atoms with Gasteiger partial charge in [-0.15, -0.1) is 0 Å². The maximum atomic E-state index is 11.3. The smallest absolute Gasteiger partial charge is 0.168 e. The highest BCUT2D eigenvalue weighted by atomic mass is 16.5. The lowest BCUT2D eigenvalue weighted by Gasteiger charge is -1.96. The first-order valence-corrected chi connectivity index (χ1v) is 5.71. The Morgan fingerprint density at radius 1 is 1.11 bits per heavy atom. The summed E-state index contributed by atoms with van der Waals surface area (Å²) in [7, 11) is 0. The monoisotopic (exact) mass is 237 g/mol. The molecule has 0 fully saturated rings. The van der Waals surface area contributed by atoms with Crippen LogP contribution in [0.5, 0.6) is 0 Å². The number of benzene rings is 2. The van der Waals surface area contributed by atoms with Crippen molar-refractivity contribution < 1.29 is 9.32 Å². The summed E-state index contributed by atoms with van der Waals surface area (Å²) >= 11 is 0. The molecule has 18 heavy (non-hydrogen) atoms. The SMILES string of the molecule is CC(=O)c1ccc2c(-c3ccccc3)noc2c1. The number of fused-ring (bicyclic) bond motifs is 1. The van der Waals surface area contributed by atoms with Gasteiger partial charge in [0.05, 0.1) is 0 Å². The summed E-state index contributed by atoms with van der Waals surface area (Å²) in [6.45, 7) is 1.54. The molecule has 0 N–H and O–H groups in total. The fraction of sp³-hybridized carbons (Fsp3) is 0.0667. The van der Waals surface area contributed by atoms with E-state index in [9.17, 15) is 4.79 Å². The van der Waals surface area contributed by atoms with Crippen molar-refractivity contribution in [2.24, 2.45) is 0 Å². The van der Waals surface area contributed by atoms with Crippen LogP contribution < -0.4 is 0 Å². The summed E-state index contributed by atoms with van der Waals surface area (Å²) in [4.78, 5) is 11.3. The number of carbonyl (C=O) groups excluding carboxylic acids is 1. The number of rotatable bonds is 2. The van der Waals surface area contributed by atoms with Crippen molar-refractivity contribution in [1.82, 2.24) is 5.16 Å². The van der Waals surface area contributed by atoms with Gasteiger partial charge in [-0.1, -0.05) is 41.6 Å². The zero-order valence-corrected chi connectivity index (χ0v) is 9.88. The zero-order valence-electron chi connectivity index (χ0n) is 9.88. The number of aromatic nitrogens is 1. The molecule has 88 valence electrons. The Kier molecular flexibility index (Phi) is 2.45. The molecule has 0 unspecified atom stereocenters. The summed E-state index contributed by atoms with van der Waals surface area (Å²) in [6.07, 6.45) is 0. The van der Waals surface area contributed by atoms with Crippen LogP contribution in [0.4, 0.5) is 0 Å². The maximum Gasteiger partial charge on any atom is 0.168 e. The van der Waals surface area contributed by atoms with Crippen LogP contribution in [0.1, 0.15) is 17.3 Å². The standard InChI is InChI=1S/C15H11NO2/c1-10(17)12-7-8-13-14(9-12)18-16-15(13)11-5-3-2-4-6-11/h2-9H,1H3. The van der Waals surface area contributed by atoms with Gasteiger partial charge < -0.3 is 4.52 Å². The molecule has 0 aliphatic heterocycles. The van der Waals surface area contributed by atoms with Gasteiger partial charge in [-0.3, -0.25) is 4.79 Å². The Balaban J connectivity index is 2.19. The molecule has 3 nitrogen and oxygen atoms in total.